The molecule has 1 atom stereocenters. The van der Waals surface area contributed by atoms with E-state index < -0.39 is 18.0 Å². The highest BCUT2D eigenvalue weighted by atomic mass is 79.9. The smallest absolute Gasteiger partial charge is 0.344 e. The summed E-state index contributed by atoms with van der Waals surface area (Å²) in [6, 6.07) is 16.1. The van der Waals surface area contributed by atoms with Crippen molar-refractivity contribution in [3.63, 3.8) is 0 Å². The second-order valence-electron chi connectivity index (χ2n) is 4.73. The molecule has 120 valence electrons. The van der Waals surface area contributed by atoms with Crippen molar-refractivity contribution in [1.82, 2.24) is 0 Å². The van der Waals surface area contributed by atoms with Gasteiger partial charge in [0.05, 0.1) is 0 Å². The van der Waals surface area contributed by atoms with Crippen molar-refractivity contribution in [3.05, 3.63) is 59.1 Å². The second-order valence-corrected chi connectivity index (χ2v) is 5.65. The molecule has 0 radical (unpaired) electrons. The number of hydrogen-bond acceptors (Lipinski definition) is 4. The number of benzene rings is 2. The van der Waals surface area contributed by atoms with Gasteiger partial charge in [-0.15, -0.1) is 0 Å². The summed E-state index contributed by atoms with van der Waals surface area (Å²) in [6.07, 6.45) is -0.909. The fraction of sp³-hybridized carbons (Fsp3) is 0.176. The molecule has 0 spiro atoms. The molecule has 0 aliphatic heterocycles. The molecule has 0 unspecified atom stereocenters. The van der Waals surface area contributed by atoms with Gasteiger partial charge in [0, 0.05) is 10.2 Å². The number of halogens is 1. The van der Waals surface area contributed by atoms with E-state index in [1.165, 1.54) is 6.92 Å². The third kappa shape index (κ3) is 5.75. The highest BCUT2D eigenvalue weighted by molar-refractivity contribution is 9.10. The minimum atomic E-state index is -0.909. The number of hydrogen-bond donors (Lipinski definition) is 1. The van der Waals surface area contributed by atoms with Crippen molar-refractivity contribution in [2.75, 3.05) is 11.9 Å². The van der Waals surface area contributed by atoms with E-state index in [1.807, 2.05) is 12.1 Å². The van der Waals surface area contributed by atoms with Gasteiger partial charge in [0.25, 0.3) is 5.91 Å². The van der Waals surface area contributed by atoms with Gasteiger partial charge in [-0.3, -0.25) is 4.79 Å². The lowest BCUT2D eigenvalue weighted by molar-refractivity contribution is -0.155. The molecule has 2 aromatic carbocycles. The third-order valence-electron chi connectivity index (χ3n) is 2.87. The Hall–Kier alpha value is -2.34. The number of carbonyl (C=O) groups excluding carboxylic acids is 2. The van der Waals surface area contributed by atoms with Crippen LogP contribution in [0.15, 0.2) is 59.1 Å². The lowest BCUT2D eigenvalue weighted by Crippen LogP contribution is -2.31. The van der Waals surface area contributed by atoms with Crippen molar-refractivity contribution >= 4 is 33.5 Å². The van der Waals surface area contributed by atoms with Crippen molar-refractivity contribution in [2.45, 2.75) is 13.0 Å². The van der Waals surface area contributed by atoms with E-state index in [-0.39, 0.29) is 6.61 Å². The van der Waals surface area contributed by atoms with Gasteiger partial charge >= 0.3 is 5.97 Å². The molecule has 0 saturated carbocycles. The monoisotopic (exact) mass is 377 g/mol. The normalized spacial score (nSPS) is 11.4. The lowest BCUT2D eigenvalue weighted by atomic mass is 10.3. The summed E-state index contributed by atoms with van der Waals surface area (Å²) >= 11 is 3.31. The van der Waals surface area contributed by atoms with E-state index in [9.17, 15) is 9.59 Å². The number of nitrogens with one attached hydrogen (secondary N) is 1. The summed E-state index contributed by atoms with van der Waals surface area (Å²) in [5.41, 5.74) is 0.644. The van der Waals surface area contributed by atoms with E-state index in [0.717, 1.165) is 4.47 Å². The average molecular weight is 378 g/mol. The van der Waals surface area contributed by atoms with Crippen LogP contribution in [0.3, 0.4) is 0 Å². The number of esters is 1. The predicted molar refractivity (Wildman–Crippen MR) is 90.3 cm³/mol. The molecule has 0 aromatic heterocycles. The number of para-hydroxylation sites is 1. The lowest BCUT2D eigenvalue weighted by Gasteiger charge is -2.14. The molecule has 2 aromatic rings. The van der Waals surface area contributed by atoms with Crippen LogP contribution in [-0.4, -0.2) is 24.6 Å². The Balaban J connectivity index is 1.79. The largest absolute Gasteiger partial charge is 0.482 e. The maximum absolute atomic E-state index is 11.9. The van der Waals surface area contributed by atoms with Crippen LogP contribution in [0, 0.1) is 0 Å². The molecule has 0 heterocycles. The van der Waals surface area contributed by atoms with E-state index in [0.29, 0.717) is 11.4 Å². The zero-order valence-corrected chi connectivity index (χ0v) is 14.1. The predicted octanol–water partition coefficient (Wildman–Crippen LogP) is 3.40. The molecule has 0 saturated heterocycles. The molecule has 0 bridgehead atoms. The van der Waals surface area contributed by atoms with E-state index >= 15 is 0 Å². The van der Waals surface area contributed by atoms with Crippen molar-refractivity contribution in [2.24, 2.45) is 0 Å². The SMILES string of the molecule is C[C@H](OC(=O)COc1cccc(Br)c1)C(=O)Nc1ccccc1. The number of ether oxygens (including phenoxy) is 2. The number of amides is 1. The third-order valence-corrected chi connectivity index (χ3v) is 3.36. The minimum absolute atomic E-state index is 0.264. The second kappa shape index (κ2) is 8.33. The zero-order chi connectivity index (χ0) is 16.7. The van der Waals surface area contributed by atoms with Crippen LogP contribution >= 0.6 is 15.9 Å². The van der Waals surface area contributed by atoms with Crippen molar-refractivity contribution in [3.8, 4) is 5.75 Å². The van der Waals surface area contributed by atoms with Crippen LogP contribution in [-0.2, 0) is 14.3 Å². The van der Waals surface area contributed by atoms with Crippen LogP contribution < -0.4 is 10.1 Å². The molecular weight excluding hydrogens is 362 g/mol. The Morgan fingerprint density at radius 2 is 1.87 bits per heavy atom. The quantitative estimate of drug-likeness (QED) is 0.783. The van der Waals surface area contributed by atoms with Gasteiger partial charge in [0.1, 0.15) is 5.75 Å². The summed E-state index contributed by atoms with van der Waals surface area (Å²) in [6.45, 7) is 1.24. The number of carbonyl (C=O) groups is 2. The van der Waals surface area contributed by atoms with Gasteiger partial charge < -0.3 is 14.8 Å². The van der Waals surface area contributed by atoms with E-state index in [4.69, 9.17) is 9.47 Å². The maximum Gasteiger partial charge on any atom is 0.344 e. The summed E-state index contributed by atoms with van der Waals surface area (Å²) < 4.78 is 11.2. The minimum Gasteiger partial charge on any atom is -0.482 e. The Labute approximate surface area is 142 Å². The summed E-state index contributed by atoms with van der Waals surface area (Å²) in [5, 5.41) is 2.67. The van der Waals surface area contributed by atoms with Gasteiger partial charge in [-0.05, 0) is 37.3 Å². The maximum atomic E-state index is 11.9. The van der Waals surface area contributed by atoms with Crippen LogP contribution in [0.2, 0.25) is 0 Å². The number of rotatable bonds is 6. The molecule has 5 nitrogen and oxygen atoms in total. The Kier molecular flexibility index (Phi) is 6.17. The first-order valence-electron chi connectivity index (χ1n) is 6.98. The first-order valence-corrected chi connectivity index (χ1v) is 7.77. The van der Waals surface area contributed by atoms with E-state index in [1.54, 1.807) is 42.5 Å². The fourth-order valence-corrected chi connectivity index (χ4v) is 2.13. The van der Waals surface area contributed by atoms with Gasteiger partial charge in [-0.2, -0.15) is 0 Å². The zero-order valence-electron chi connectivity index (χ0n) is 12.5. The van der Waals surface area contributed by atoms with Crippen molar-refractivity contribution in [1.29, 1.82) is 0 Å². The summed E-state index contributed by atoms with van der Waals surface area (Å²) in [7, 11) is 0. The molecular formula is C17H16BrNO4. The molecule has 23 heavy (non-hydrogen) atoms. The van der Waals surface area contributed by atoms with E-state index in [2.05, 4.69) is 21.2 Å². The highest BCUT2D eigenvalue weighted by Gasteiger charge is 2.18. The van der Waals surface area contributed by atoms with Crippen LogP contribution in [0.25, 0.3) is 0 Å². The first kappa shape index (κ1) is 17.0. The van der Waals surface area contributed by atoms with Gasteiger partial charge in [0.2, 0.25) is 0 Å². The summed E-state index contributed by atoms with van der Waals surface area (Å²) in [4.78, 5) is 23.7. The summed E-state index contributed by atoms with van der Waals surface area (Å²) in [5.74, 6) is -0.467. The Morgan fingerprint density at radius 3 is 2.57 bits per heavy atom. The first-order chi connectivity index (χ1) is 11.0. The number of anilines is 1. The molecule has 6 heteroatoms. The van der Waals surface area contributed by atoms with Crippen molar-refractivity contribution < 1.29 is 19.1 Å². The average Bonchev–Trinajstić information content (AvgIpc) is 2.54. The van der Waals surface area contributed by atoms with Crippen LogP contribution in [0.1, 0.15) is 6.92 Å². The molecule has 0 aliphatic rings. The van der Waals surface area contributed by atoms with Gasteiger partial charge in [-0.1, -0.05) is 40.2 Å². The molecule has 0 aliphatic carbocycles. The topological polar surface area (TPSA) is 64.6 Å². The van der Waals surface area contributed by atoms with Gasteiger partial charge in [-0.25, -0.2) is 4.79 Å². The Morgan fingerprint density at radius 1 is 1.13 bits per heavy atom. The van der Waals surface area contributed by atoms with Crippen LogP contribution in [0.4, 0.5) is 5.69 Å². The molecule has 0 fully saturated rings. The Bertz CT molecular complexity index is 675. The highest BCUT2D eigenvalue weighted by Crippen LogP contribution is 2.17. The molecule has 1 amide bonds. The standard InChI is InChI=1S/C17H16BrNO4/c1-12(17(21)19-14-7-3-2-4-8-14)23-16(20)11-22-15-9-5-6-13(18)10-15/h2-10,12H,11H2,1H3,(H,19,21)/t12-/m0/s1. The van der Waals surface area contributed by atoms with Crippen LogP contribution in [0.5, 0.6) is 5.75 Å². The van der Waals surface area contributed by atoms with Gasteiger partial charge in [0.15, 0.2) is 12.7 Å². The fourth-order valence-electron chi connectivity index (χ4n) is 1.75. The molecule has 1 N–H and O–H groups in total. The molecule has 2 rings (SSSR count).